The first-order valence-corrected chi connectivity index (χ1v) is 4.77. The van der Waals surface area contributed by atoms with Crippen molar-refractivity contribution in [2.45, 2.75) is 13.0 Å². The van der Waals surface area contributed by atoms with Crippen LogP contribution in [-0.2, 0) is 4.79 Å². The minimum Gasteiger partial charge on any atom is -0.480 e. The fourth-order valence-corrected chi connectivity index (χ4v) is 0.976. The molecule has 0 saturated heterocycles. The van der Waals surface area contributed by atoms with Crippen LogP contribution >= 0.6 is 0 Å². The van der Waals surface area contributed by atoms with Crippen LogP contribution in [0.5, 0.6) is 0 Å². The van der Waals surface area contributed by atoms with Gasteiger partial charge in [0.15, 0.2) is 0 Å². The molecule has 0 spiro atoms. The highest BCUT2D eigenvalue weighted by molar-refractivity contribution is 5.82. The highest BCUT2D eigenvalue weighted by Crippen LogP contribution is 2.00. The Bertz CT molecular complexity index is 233. The van der Waals surface area contributed by atoms with Crippen LogP contribution in [0.2, 0.25) is 0 Å². The van der Waals surface area contributed by atoms with E-state index in [9.17, 15) is 9.59 Å². The molecule has 0 aromatic rings. The lowest BCUT2D eigenvalue weighted by atomic mass is 10.3. The highest BCUT2D eigenvalue weighted by Gasteiger charge is 2.23. The van der Waals surface area contributed by atoms with Crippen LogP contribution in [0.3, 0.4) is 0 Å². The fourth-order valence-electron chi connectivity index (χ4n) is 0.976. The first-order valence-electron chi connectivity index (χ1n) is 4.77. The number of hydrogen-bond donors (Lipinski definition) is 2. The van der Waals surface area contributed by atoms with Crippen molar-refractivity contribution in [3.8, 4) is 0 Å². The van der Waals surface area contributed by atoms with Crippen molar-refractivity contribution in [3.63, 3.8) is 0 Å². The monoisotopic (exact) mass is 217 g/mol. The standard InChI is InChI=1S/C9H19N3O3/c1-7(8(13)14)12(4)9(15)11(3)6-5-10-2/h7,10H,5-6H2,1-4H3,(H,13,14). The fraction of sp³-hybridized carbons (Fsp3) is 0.778. The van der Waals surface area contributed by atoms with Gasteiger partial charge >= 0.3 is 12.0 Å². The Morgan fingerprint density at radius 1 is 1.40 bits per heavy atom. The van der Waals surface area contributed by atoms with E-state index in [0.717, 1.165) is 0 Å². The molecule has 0 fully saturated rings. The van der Waals surface area contributed by atoms with Gasteiger partial charge in [-0.3, -0.25) is 0 Å². The van der Waals surface area contributed by atoms with Gasteiger partial charge in [-0.2, -0.15) is 0 Å². The van der Waals surface area contributed by atoms with Crippen molar-refractivity contribution in [2.75, 3.05) is 34.2 Å². The van der Waals surface area contributed by atoms with Crippen molar-refractivity contribution in [1.29, 1.82) is 0 Å². The Balaban J connectivity index is 4.24. The minimum absolute atomic E-state index is 0.292. The van der Waals surface area contributed by atoms with Gasteiger partial charge in [0.25, 0.3) is 0 Å². The number of urea groups is 1. The lowest BCUT2D eigenvalue weighted by Gasteiger charge is -2.27. The summed E-state index contributed by atoms with van der Waals surface area (Å²) in [5.41, 5.74) is 0. The Kier molecular flexibility index (Phi) is 5.69. The smallest absolute Gasteiger partial charge is 0.326 e. The first-order chi connectivity index (χ1) is 6.91. The summed E-state index contributed by atoms with van der Waals surface area (Å²) in [6.07, 6.45) is 0. The summed E-state index contributed by atoms with van der Waals surface area (Å²) in [4.78, 5) is 25.0. The number of rotatable bonds is 5. The minimum atomic E-state index is -1.01. The molecule has 2 N–H and O–H groups in total. The Morgan fingerprint density at radius 2 is 1.93 bits per heavy atom. The van der Waals surface area contributed by atoms with E-state index in [0.29, 0.717) is 13.1 Å². The van der Waals surface area contributed by atoms with E-state index >= 15 is 0 Å². The molecule has 0 rings (SSSR count). The van der Waals surface area contributed by atoms with Gasteiger partial charge < -0.3 is 20.2 Å². The number of likely N-dealkylation sites (N-methyl/N-ethyl adjacent to an activating group) is 3. The number of carbonyl (C=O) groups is 2. The molecule has 1 atom stereocenters. The number of amides is 2. The lowest BCUT2D eigenvalue weighted by Crippen LogP contribution is -2.47. The molecule has 0 aliphatic carbocycles. The van der Waals surface area contributed by atoms with Gasteiger partial charge in [-0.25, -0.2) is 9.59 Å². The second kappa shape index (κ2) is 6.23. The predicted octanol–water partition coefficient (Wildman–Crippen LogP) is -0.337. The molecule has 0 heterocycles. The summed E-state index contributed by atoms with van der Waals surface area (Å²) in [6, 6.07) is -1.10. The van der Waals surface area contributed by atoms with Gasteiger partial charge in [0, 0.05) is 27.2 Å². The molecule has 15 heavy (non-hydrogen) atoms. The SMILES string of the molecule is CNCCN(C)C(=O)N(C)C(C)C(=O)O. The van der Waals surface area contributed by atoms with E-state index in [2.05, 4.69) is 5.32 Å². The summed E-state index contributed by atoms with van der Waals surface area (Å²) >= 11 is 0. The number of carboxylic acids is 1. The zero-order valence-corrected chi connectivity index (χ0v) is 9.65. The van der Waals surface area contributed by atoms with Crippen molar-refractivity contribution < 1.29 is 14.7 Å². The van der Waals surface area contributed by atoms with Crippen LogP contribution in [0.1, 0.15) is 6.92 Å². The van der Waals surface area contributed by atoms with Crippen LogP contribution in [-0.4, -0.2) is 67.2 Å². The molecular weight excluding hydrogens is 198 g/mol. The zero-order chi connectivity index (χ0) is 12.0. The maximum absolute atomic E-state index is 11.7. The number of carboxylic acid groups (broad SMARTS) is 1. The predicted molar refractivity (Wildman–Crippen MR) is 56.8 cm³/mol. The van der Waals surface area contributed by atoms with Crippen LogP contribution in [0.4, 0.5) is 4.79 Å². The molecule has 2 amide bonds. The molecule has 0 bridgehead atoms. The van der Waals surface area contributed by atoms with E-state index in [1.54, 1.807) is 14.1 Å². The number of aliphatic carboxylic acids is 1. The quantitative estimate of drug-likeness (QED) is 0.661. The van der Waals surface area contributed by atoms with Gasteiger partial charge in [0.05, 0.1) is 0 Å². The second-order valence-electron chi connectivity index (χ2n) is 3.43. The normalized spacial score (nSPS) is 12.0. The van der Waals surface area contributed by atoms with E-state index in [1.165, 1.54) is 23.8 Å². The van der Waals surface area contributed by atoms with Crippen molar-refractivity contribution in [2.24, 2.45) is 0 Å². The summed E-state index contributed by atoms with van der Waals surface area (Å²) in [6.45, 7) is 2.70. The molecule has 0 aromatic heterocycles. The van der Waals surface area contributed by atoms with Crippen LogP contribution in [0.15, 0.2) is 0 Å². The van der Waals surface area contributed by atoms with Gasteiger partial charge in [0.1, 0.15) is 6.04 Å². The average molecular weight is 217 g/mol. The van der Waals surface area contributed by atoms with E-state index in [4.69, 9.17) is 5.11 Å². The zero-order valence-electron chi connectivity index (χ0n) is 9.65. The number of nitrogens with zero attached hydrogens (tertiary/aromatic N) is 2. The first kappa shape index (κ1) is 13.7. The molecule has 0 aliphatic heterocycles. The van der Waals surface area contributed by atoms with Gasteiger partial charge in [-0.15, -0.1) is 0 Å². The Labute approximate surface area is 89.8 Å². The molecule has 0 saturated carbocycles. The largest absolute Gasteiger partial charge is 0.480 e. The van der Waals surface area contributed by atoms with Gasteiger partial charge in [0.2, 0.25) is 0 Å². The topological polar surface area (TPSA) is 72.9 Å². The lowest BCUT2D eigenvalue weighted by molar-refractivity contribution is -0.141. The Morgan fingerprint density at radius 3 is 2.33 bits per heavy atom. The van der Waals surface area contributed by atoms with E-state index < -0.39 is 12.0 Å². The Hall–Kier alpha value is -1.30. The maximum atomic E-state index is 11.7. The third-order valence-corrected chi connectivity index (χ3v) is 2.26. The summed E-state index contributed by atoms with van der Waals surface area (Å²) in [5, 5.41) is 11.7. The third kappa shape index (κ3) is 4.16. The summed E-state index contributed by atoms with van der Waals surface area (Å²) < 4.78 is 0. The summed E-state index contributed by atoms with van der Waals surface area (Å²) in [5.74, 6) is -1.01. The molecule has 0 radical (unpaired) electrons. The third-order valence-electron chi connectivity index (χ3n) is 2.26. The highest BCUT2D eigenvalue weighted by atomic mass is 16.4. The van der Waals surface area contributed by atoms with Crippen molar-refractivity contribution >= 4 is 12.0 Å². The molecule has 88 valence electrons. The van der Waals surface area contributed by atoms with Crippen molar-refractivity contribution in [3.05, 3.63) is 0 Å². The molecular formula is C9H19N3O3. The molecule has 0 aliphatic rings. The average Bonchev–Trinajstić information content (AvgIpc) is 2.22. The number of nitrogens with one attached hydrogen (secondary N) is 1. The molecule has 0 aromatic carbocycles. The van der Waals surface area contributed by atoms with Gasteiger partial charge in [-0.1, -0.05) is 0 Å². The number of hydrogen-bond acceptors (Lipinski definition) is 3. The molecule has 6 heteroatoms. The van der Waals surface area contributed by atoms with E-state index in [-0.39, 0.29) is 6.03 Å². The van der Waals surface area contributed by atoms with Gasteiger partial charge in [-0.05, 0) is 14.0 Å². The van der Waals surface area contributed by atoms with Crippen LogP contribution in [0.25, 0.3) is 0 Å². The van der Waals surface area contributed by atoms with Crippen LogP contribution < -0.4 is 5.32 Å². The number of carbonyl (C=O) groups excluding carboxylic acids is 1. The molecule has 6 nitrogen and oxygen atoms in total. The summed E-state index contributed by atoms with van der Waals surface area (Å²) in [7, 11) is 4.92. The maximum Gasteiger partial charge on any atom is 0.326 e. The van der Waals surface area contributed by atoms with Crippen LogP contribution in [0, 0.1) is 0 Å². The molecule has 1 unspecified atom stereocenters. The van der Waals surface area contributed by atoms with Crippen molar-refractivity contribution in [1.82, 2.24) is 15.1 Å². The second-order valence-corrected chi connectivity index (χ2v) is 3.43. The van der Waals surface area contributed by atoms with E-state index in [1.807, 2.05) is 0 Å².